The van der Waals surface area contributed by atoms with Crippen LogP contribution in [-0.4, -0.2) is 44.9 Å². The van der Waals surface area contributed by atoms with Gasteiger partial charge in [0.25, 0.3) is 5.91 Å². The van der Waals surface area contributed by atoms with Gasteiger partial charge in [0.15, 0.2) is 5.69 Å². The van der Waals surface area contributed by atoms with Crippen LogP contribution in [0.3, 0.4) is 0 Å². The molecular formula is C20H29N5O. The van der Waals surface area contributed by atoms with E-state index in [4.69, 9.17) is 0 Å². The van der Waals surface area contributed by atoms with Crippen molar-refractivity contribution in [3.05, 3.63) is 40.7 Å². The van der Waals surface area contributed by atoms with Crippen LogP contribution in [0, 0.1) is 12.8 Å². The topological polar surface area (TPSA) is 63.1 Å². The Morgan fingerprint density at radius 1 is 1.31 bits per heavy atom. The smallest absolute Gasteiger partial charge is 0.273 e. The molecule has 1 amide bonds. The highest BCUT2D eigenvalue weighted by Crippen LogP contribution is 2.26. The summed E-state index contributed by atoms with van der Waals surface area (Å²) in [7, 11) is 0. The summed E-state index contributed by atoms with van der Waals surface area (Å²) < 4.78 is 1.81. The fourth-order valence-electron chi connectivity index (χ4n) is 3.33. The third-order valence-electron chi connectivity index (χ3n) is 5.46. The summed E-state index contributed by atoms with van der Waals surface area (Å²) in [5.41, 5.74) is 4.88. The molecule has 0 radical (unpaired) electrons. The number of nitrogens with zero attached hydrogens (tertiary/aromatic N) is 4. The van der Waals surface area contributed by atoms with Gasteiger partial charge in [0.05, 0.1) is 11.4 Å². The van der Waals surface area contributed by atoms with Gasteiger partial charge in [-0.05, 0) is 49.9 Å². The first-order valence-electron chi connectivity index (χ1n) is 9.49. The Hall–Kier alpha value is -2.21. The summed E-state index contributed by atoms with van der Waals surface area (Å²) in [6.07, 6.45) is 0.991. The molecule has 6 nitrogen and oxygen atoms in total. The third-order valence-corrected chi connectivity index (χ3v) is 5.46. The molecule has 2 heterocycles. The van der Waals surface area contributed by atoms with Crippen molar-refractivity contribution in [2.75, 3.05) is 13.1 Å². The lowest BCUT2D eigenvalue weighted by molar-refractivity contribution is 0.0924. The molecule has 0 saturated carbocycles. The summed E-state index contributed by atoms with van der Waals surface area (Å²) in [4.78, 5) is 15.0. The Kier molecular flexibility index (Phi) is 5.41. The van der Waals surface area contributed by atoms with Crippen LogP contribution >= 0.6 is 0 Å². The first-order chi connectivity index (χ1) is 12.4. The average molecular weight is 355 g/mol. The zero-order valence-corrected chi connectivity index (χ0v) is 16.4. The maximum atomic E-state index is 12.6. The largest absolute Gasteiger partial charge is 0.348 e. The van der Waals surface area contributed by atoms with Crippen molar-refractivity contribution in [3.8, 4) is 5.69 Å². The Morgan fingerprint density at radius 3 is 2.77 bits per heavy atom. The van der Waals surface area contributed by atoms with E-state index in [0.717, 1.165) is 37.4 Å². The number of amides is 1. The van der Waals surface area contributed by atoms with Gasteiger partial charge >= 0.3 is 0 Å². The van der Waals surface area contributed by atoms with Gasteiger partial charge in [-0.1, -0.05) is 38.1 Å². The number of benzene rings is 1. The first kappa shape index (κ1) is 18.6. The number of hydrogen-bond donors (Lipinski definition) is 1. The van der Waals surface area contributed by atoms with Crippen molar-refractivity contribution in [1.82, 2.24) is 25.2 Å². The Labute approximate surface area is 155 Å². The van der Waals surface area contributed by atoms with E-state index in [2.05, 4.69) is 59.5 Å². The molecule has 0 saturated heterocycles. The Balaban J connectivity index is 1.91. The molecule has 1 aromatic carbocycles. The second kappa shape index (κ2) is 7.58. The zero-order valence-electron chi connectivity index (χ0n) is 16.4. The molecule has 3 rings (SSSR count). The zero-order chi connectivity index (χ0) is 18.8. The Morgan fingerprint density at radius 2 is 2.08 bits per heavy atom. The van der Waals surface area contributed by atoms with Crippen LogP contribution in [0.1, 0.15) is 55.0 Å². The summed E-state index contributed by atoms with van der Waals surface area (Å²) >= 11 is 0. The van der Waals surface area contributed by atoms with Crippen LogP contribution < -0.4 is 5.32 Å². The fourth-order valence-corrected chi connectivity index (χ4v) is 3.33. The average Bonchev–Trinajstić information content (AvgIpc) is 3.01. The number of nitrogens with one attached hydrogen (secondary N) is 1. The lowest BCUT2D eigenvalue weighted by atomic mass is 9.97. The normalized spacial score (nSPS) is 15.8. The lowest BCUT2D eigenvalue weighted by Gasteiger charge is -2.29. The minimum atomic E-state index is -0.156. The quantitative estimate of drug-likeness (QED) is 0.896. The van der Waals surface area contributed by atoms with Crippen molar-refractivity contribution in [2.24, 2.45) is 5.92 Å². The maximum Gasteiger partial charge on any atom is 0.273 e. The predicted molar refractivity (Wildman–Crippen MR) is 103 cm³/mol. The van der Waals surface area contributed by atoms with Crippen molar-refractivity contribution in [3.63, 3.8) is 0 Å². The lowest BCUT2D eigenvalue weighted by Crippen LogP contribution is -2.36. The number of fused-ring (bicyclic) bond motifs is 1. The van der Waals surface area contributed by atoms with Crippen molar-refractivity contribution >= 4 is 5.91 Å². The highest BCUT2D eigenvalue weighted by atomic mass is 16.2. The number of hydrogen-bond acceptors (Lipinski definition) is 4. The predicted octanol–water partition coefficient (Wildman–Crippen LogP) is 2.73. The van der Waals surface area contributed by atoms with E-state index in [1.807, 2.05) is 18.5 Å². The van der Waals surface area contributed by atoms with Crippen LogP contribution in [-0.2, 0) is 13.0 Å². The van der Waals surface area contributed by atoms with Gasteiger partial charge in [-0.25, -0.2) is 4.68 Å². The molecule has 0 fully saturated rings. The number of carbonyl (C=O) groups is 1. The van der Waals surface area contributed by atoms with Crippen molar-refractivity contribution < 1.29 is 4.79 Å². The second-order valence-corrected chi connectivity index (χ2v) is 7.48. The monoisotopic (exact) mass is 355 g/mol. The van der Waals surface area contributed by atoms with Crippen LogP contribution in [0.2, 0.25) is 0 Å². The van der Waals surface area contributed by atoms with Gasteiger partial charge in [-0.3, -0.25) is 9.69 Å². The van der Waals surface area contributed by atoms with Gasteiger partial charge in [-0.2, -0.15) is 0 Å². The summed E-state index contributed by atoms with van der Waals surface area (Å²) in [5.74, 6) is 0.217. The number of rotatable bonds is 5. The molecule has 6 heteroatoms. The number of aromatic nitrogens is 3. The third kappa shape index (κ3) is 3.51. The van der Waals surface area contributed by atoms with Gasteiger partial charge < -0.3 is 5.32 Å². The van der Waals surface area contributed by atoms with Crippen LogP contribution in [0.5, 0.6) is 0 Å². The highest BCUT2D eigenvalue weighted by molar-refractivity contribution is 5.93. The standard InChI is InChI=1S/C20H29N5O/c1-6-24-11-10-17-16(12-24)8-7-9-18(17)25-15(5)19(22-23-25)20(26)21-14(4)13(2)3/h7-9,13-14H,6,10-12H2,1-5H3,(H,21,26)/t14-/m0/s1. The highest BCUT2D eigenvalue weighted by Gasteiger charge is 2.23. The van der Waals surface area contributed by atoms with E-state index in [-0.39, 0.29) is 11.9 Å². The molecule has 140 valence electrons. The molecule has 1 aliphatic rings. The molecule has 1 N–H and O–H groups in total. The van der Waals surface area contributed by atoms with E-state index in [1.54, 1.807) is 0 Å². The van der Waals surface area contributed by atoms with Crippen molar-refractivity contribution in [1.29, 1.82) is 0 Å². The summed E-state index contributed by atoms with van der Waals surface area (Å²) in [5, 5.41) is 11.5. The molecule has 1 aliphatic heterocycles. The van der Waals surface area contributed by atoms with E-state index < -0.39 is 0 Å². The van der Waals surface area contributed by atoms with E-state index in [0.29, 0.717) is 11.6 Å². The van der Waals surface area contributed by atoms with Gasteiger partial charge in [0.2, 0.25) is 0 Å². The van der Waals surface area contributed by atoms with Gasteiger partial charge in [-0.15, -0.1) is 5.10 Å². The fraction of sp³-hybridized carbons (Fsp3) is 0.550. The molecule has 0 bridgehead atoms. The van der Waals surface area contributed by atoms with E-state index >= 15 is 0 Å². The minimum absolute atomic E-state index is 0.0940. The van der Waals surface area contributed by atoms with Crippen molar-refractivity contribution in [2.45, 2.75) is 53.6 Å². The number of likely N-dealkylation sites (N-methyl/N-ethyl adjacent to an activating group) is 1. The van der Waals surface area contributed by atoms with Crippen LogP contribution in [0.4, 0.5) is 0 Å². The van der Waals surface area contributed by atoms with E-state index in [9.17, 15) is 4.79 Å². The first-order valence-corrected chi connectivity index (χ1v) is 9.49. The maximum absolute atomic E-state index is 12.6. The molecule has 26 heavy (non-hydrogen) atoms. The summed E-state index contributed by atoms with van der Waals surface area (Å²) in [6, 6.07) is 6.41. The van der Waals surface area contributed by atoms with Gasteiger partial charge in [0.1, 0.15) is 0 Å². The van der Waals surface area contributed by atoms with Crippen LogP contribution in [0.15, 0.2) is 18.2 Å². The second-order valence-electron chi connectivity index (χ2n) is 7.48. The number of carbonyl (C=O) groups excluding carboxylic acids is 1. The molecule has 2 aromatic rings. The molecular weight excluding hydrogens is 326 g/mol. The molecule has 0 spiro atoms. The molecule has 0 unspecified atom stereocenters. The SMILES string of the molecule is CCN1CCc2c(cccc2-n2nnc(C(=O)N[C@@H](C)C(C)C)c2C)C1. The van der Waals surface area contributed by atoms with Crippen LogP contribution in [0.25, 0.3) is 5.69 Å². The van der Waals surface area contributed by atoms with Gasteiger partial charge in [0, 0.05) is 19.1 Å². The molecule has 0 aliphatic carbocycles. The minimum Gasteiger partial charge on any atom is -0.348 e. The Bertz CT molecular complexity index is 795. The molecule has 1 atom stereocenters. The van der Waals surface area contributed by atoms with E-state index in [1.165, 1.54) is 11.1 Å². The molecule has 1 aromatic heterocycles. The summed E-state index contributed by atoms with van der Waals surface area (Å²) in [6.45, 7) is 13.4.